The highest BCUT2D eigenvalue weighted by Gasteiger charge is 2.27. The van der Waals surface area contributed by atoms with Gasteiger partial charge in [0.25, 0.3) is 0 Å². The summed E-state index contributed by atoms with van der Waals surface area (Å²) in [6, 6.07) is 7.90. The van der Waals surface area contributed by atoms with Gasteiger partial charge in [-0.25, -0.2) is 0 Å². The fourth-order valence-corrected chi connectivity index (χ4v) is 3.34. The highest BCUT2D eigenvalue weighted by atomic mass is 16.5. The van der Waals surface area contributed by atoms with Crippen molar-refractivity contribution in [2.75, 3.05) is 5.32 Å². The lowest BCUT2D eigenvalue weighted by molar-refractivity contribution is -0.119. The maximum Gasteiger partial charge on any atom is 0.227 e. The molecule has 2 atom stereocenters. The van der Waals surface area contributed by atoms with Gasteiger partial charge in [-0.15, -0.1) is 0 Å². The molecular formula is C17H24N2O2. The van der Waals surface area contributed by atoms with Crippen LogP contribution in [0, 0.1) is 5.92 Å². The number of hydrogen-bond donors (Lipinski definition) is 2. The Morgan fingerprint density at radius 2 is 2.00 bits per heavy atom. The predicted molar refractivity (Wildman–Crippen MR) is 83.3 cm³/mol. The van der Waals surface area contributed by atoms with E-state index in [1.165, 1.54) is 12.8 Å². The van der Waals surface area contributed by atoms with Crippen molar-refractivity contribution in [3.63, 3.8) is 0 Å². The van der Waals surface area contributed by atoms with Gasteiger partial charge in [0.1, 0.15) is 5.75 Å². The van der Waals surface area contributed by atoms with Gasteiger partial charge in [-0.05, 0) is 57.1 Å². The topological polar surface area (TPSA) is 64.4 Å². The van der Waals surface area contributed by atoms with E-state index in [9.17, 15) is 4.79 Å². The Hall–Kier alpha value is -1.55. The Kier molecular flexibility index (Phi) is 4.44. The van der Waals surface area contributed by atoms with E-state index in [4.69, 9.17) is 10.5 Å². The SMILES string of the molecule is NC1CCC(C(=O)Nc2cccc(OC3CCCC3)c2)C1. The number of hydrogen-bond acceptors (Lipinski definition) is 3. The van der Waals surface area contributed by atoms with Crippen LogP contribution in [0.3, 0.4) is 0 Å². The molecule has 4 heteroatoms. The van der Waals surface area contributed by atoms with E-state index in [-0.39, 0.29) is 17.9 Å². The maximum atomic E-state index is 12.2. The Bertz CT molecular complexity index is 497. The van der Waals surface area contributed by atoms with E-state index >= 15 is 0 Å². The summed E-state index contributed by atoms with van der Waals surface area (Å²) in [6.07, 6.45) is 7.75. The lowest BCUT2D eigenvalue weighted by atomic mass is 10.1. The van der Waals surface area contributed by atoms with Gasteiger partial charge >= 0.3 is 0 Å². The minimum absolute atomic E-state index is 0.0550. The minimum atomic E-state index is 0.0550. The summed E-state index contributed by atoms with van der Waals surface area (Å²) in [4.78, 5) is 12.2. The van der Waals surface area contributed by atoms with E-state index in [1.54, 1.807) is 0 Å². The van der Waals surface area contributed by atoms with Crippen LogP contribution in [-0.4, -0.2) is 18.1 Å². The third kappa shape index (κ3) is 3.76. The first-order chi connectivity index (χ1) is 10.2. The van der Waals surface area contributed by atoms with E-state index in [2.05, 4.69) is 5.32 Å². The molecule has 4 nitrogen and oxygen atoms in total. The van der Waals surface area contributed by atoms with Crippen LogP contribution in [0.15, 0.2) is 24.3 Å². The number of nitrogens with two attached hydrogens (primary N) is 1. The number of amides is 1. The molecular weight excluding hydrogens is 264 g/mol. The second kappa shape index (κ2) is 6.48. The Labute approximate surface area is 126 Å². The zero-order chi connectivity index (χ0) is 14.7. The molecule has 0 aromatic heterocycles. The van der Waals surface area contributed by atoms with Crippen molar-refractivity contribution in [2.24, 2.45) is 11.7 Å². The molecule has 114 valence electrons. The lowest BCUT2D eigenvalue weighted by Crippen LogP contribution is -2.23. The zero-order valence-electron chi connectivity index (χ0n) is 12.4. The van der Waals surface area contributed by atoms with Gasteiger partial charge < -0.3 is 15.8 Å². The average Bonchev–Trinajstić information content (AvgIpc) is 3.11. The summed E-state index contributed by atoms with van der Waals surface area (Å²) in [5.41, 5.74) is 6.69. The molecule has 1 aromatic carbocycles. The number of carbonyl (C=O) groups excluding carboxylic acids is 1. The largest absolute Gasteiger partial charge is 0.490 e. The number of rotatable bonds is 4. The van der Waals surface area contributed by atoms with Gasteiger partial charge in [-0.3, -0.25) is 4.79 Å². The lowest BCUT2D eigenvalue weighted by Gasteiger charge is -2.15. The van der Waals surface area contributed by atoms with Crippen LogP contribution in [-0.2, 0) is 4.79 Å². The molecule has 2 saturated carbocycles. The molecule has 2 aliphatic carbocycles. The highest BCUT2D eigenvalue weighted by molar-refractivity contribution is 5.92. The molecule has 2 aliphatic rings. The molecule has 21 heavy (non-hydrogen) atoms. The molecule has 3 rings (SSSR count). The van der Waals surface area contributed by atoms with Crippen molar-refractivity contribution >= 4 is 11.6 Å². The fourth-order valence-electron chi connectivity index (χ4n) is 3.34. The van der Waals surface area contributed by atoms with Crippen molar-refractivity contribution < 1.29 is 9.53 Å². The van der Waals surface area contributed by atoms with Gasteiger partial charge in [0, 0.05) is 23.7 Å². The average molecular weight is 288 g/mol. The van der Waals surface area contributed by atoms with Crippen LogP contribution in [0.5, 0.6) is 5.75 Å². The molecule has 0 aliphatic heterocycles. The summed E-state index contributed by atoms with van der Waals surface area (Å²) < 4.78 is 5.97. The Balaban J connectivity index is 1.58. The standard InChI is InChI=1S/C17H24N2O2/c18-13-9-8-12(10-13)17(20)19-14-4-3-7-16(11-14)21-15-5-1-2-6-15/h3-4,7,11-13,15H,1-2,5-6,8-10,18H2,(H,19,20). The van der Waals surface area contributed by atoms with Crippen molar-refractivity contribution in [2.45, 2.75) is 57.1 Å². The Morgan fingerprint density at radius 3 is 2.71 bits per heavy atom. The van der Waals surface area contributed by atoms with Crippen LogP contribution in [0.4, 0.5) is 5.69 Å². The first-order valence-corrected chi connectivity index (χ1v) is 8.04. The van der Waals surface area contributed by atoms with Gasteiger partial charge in [-0.1, -0.05) is 6.07 Å². The number of ether oxygens (including phenoxy) is 1. The molecule has 2 unspecified atom stereocenters. The van der Waals surface area contributed by atoms with Gasteiger partial charge in [-0.2, -0.15) is 0 Å². The number of anilines is 1. The normalized spacial score (nSPS) is 26.0. The maximum absolute atomic E-state index is 12.2. The van der Waals surface area contributed by atoms with Crippen LogP contribution in [0.25, 0.3) is 0 Å². The first-order valence-electron chi connectivity index (χ1n) is 8.04. The second-order valence-electron chi connectivity index (χ2n) is 6.31. The number of nitrogens with one attached hydrogen (secondary N) is 1. The molecule has 0 spiro atoms. The zero-order valence-corrected chi connectivity index (χ0v) is 12.4. The molecule has 1 amide bonds. The molecule has 2 fully saturated rings. The van der Waals surface area contributed by atoms with E-state index in [1.807, 2.05) is 24.3 Å². The van der Waals surface area contributed by atoms with Crippen LogP contribution in [0.2, 0.25) is 0 Å². The Morgan fingerprint density at radius 1 is 1.19 bits per heavy atom. The van der Waals surface area contributed by atoms with Crippen molar-refractivity contribution in [1.29, 1.82) is 0 Å². The minimum Gasteiger partial charge on any atom is -0.490 e. The third-order valence-electron chi connectivity index (χ3n) is 4.55. The summed E-state index contributed by atoms with van der Waals surface area (Å²) in [5, 5.41) is 3.00. The van der Waals surface area contributed by atoms with Crippen molar-refractivity contribution in [1.82, 2.24) is 0 Å². The summed E-state index contributed by atoms with van der Waals surface area (Å²) in [5.74, 6) is 0.989. The molecule has 0 saturated heterocycles. The smallest absolute Gasteiger partial charge is 0.227 e. The highest BCUT2D eigenvalue weighted by Crippen LogP contribution is 2.28. The summed E-state index contributed by atoms with van der Waals surface area (Å²) in [6.45, 7) is 0. The van der Waals surface area contributed by atoms with Crippen molar-refractivity contribution in [3.05, 3.63) is 24.3 Å². The second-order valence-corrected chi connectivity index (χ2v) is 6.31. The van der Waals surface area contributed by atoms with Gasteiger partial charge in [0.15, 0.2) is 0 Å². The molecule has 3 N–H and O–H groups in total. The predicted octanol–water partition coefficient (Wildman–Crippen LogP) is 3.07. The van der Waals surface area contributed by atoms with Gasteiger partial charge in [0.05, 0.1) is 6.10 Å². The quantitative estimate of drug-likeness (QED) is 0.895. The van der Waals surface area contributed by atoms with Crippen LogP contribution < -0.4 is 15.8 Å². The molecule has 0 radical (unpaired) electrons. The first kappa shape index (κ1) is 14.4. The summed E-state index contributed by atoms with van der Waals surface area (Å²) >= 11 is 0. The van der Waals surface area contributed by atoms with E-state index in [0.717, 1.165) is 43.5 Å². The van der Waals surface area contributed by atoms with E-state index < -0.39 is 0 Å². The molecule has 0 bridgehead atoms. The van der Waals surface area contributed by atoms with Crippen LogP contribution in [0.1, 0.15) is 44.9 Å². The van der Waals surface area contributed by atoms with E-state index in [0.29, 0.717) is 6.10 Å². The summed E-state index contributed by atoms with van der Waals surface area (Å²) in [7, 11) is 0. The number of carbonyl (C=O) groups is 1. The fraction of sp³-hybridized carbons (Fsp3) is 0.588. The molecule has 1 aromatic rings. The number of benzene rings is 1. The van der Waals surface area contributed by atoms with Crippen molar-refractivity contribution in [3.8, 4) is 5.75 Å². The van der Waals surface area contributed by atoms with Crippen LogP contribution >= 0.6 is 0 Å². The van der Waals surface area contributed by atoms with Gasteiger partial charge in [0.2, 0.25) is 5.91 Å². The monoisotopic (exact) mass is 288 g/mol. The molecule has 0 heterocycles. The third-order valence-corrected chi connectivity index (χ3v) is 4.55.